The summed E-state index contributed by atoms with van der Waals surface area (Å²) < 4.78 is 11.0. The summed E-state index contributed by atoms with van der Waals surface area (Å²) in [5.41, 5.74) is 1.12. The fourth-order valence-electron chi connectivity index (χ4n) is 2.87. The third-order valence-electron chi connectivity index (χ3n) is 3.83. The molecule has 1 saturated heterocycles. The van der Waals surface area contributed by atoms with Gasteiger partial charge in [0.1, 0.15) is 17.9 Å². The summed E-state index contributed by atoms with van der Waals surface area (Å²) in [5, 5.41) is 0. The van der Waals surface area contributed by atoms with E-state index in [1.165, 1.54) is 7.11 Å². The van der Waals surface area contributed by atoms with Crippen molar-refractivity contribution in [2.45, 2.75) is 39.3 Å². The monoisotopic (exact) mass is 291 g/mol. The zero-order chi connectivity index (χ0) is 15.4. The molecule has 116 valence electrons. The minimum atomic E-state index is -0.189. The molecule has 0 bridgehead atoms. The molecular weight excluding hydrogens is 266 g/mol. The van der Waals surface area contributed by atoms with E-state index < -0.39 is 0 Å². The standard InChI is InChI=1S/C17H25NO3/c1-12(2)10-18-11-14(9-15(18)17(19)20-4)21-16-8-6-5-7-13(16)3/h5-8,12,14-15H,9-11H2,1-4H3. The molecule has 0 saturated carbocycles. The second kappa shape index (κ2) is 6.94. The third-order valence-corrected chi connectivity index (χ3v) is 3.83. The number of benzene rings is 1. The number of ether oxygens (including phenoxy) is 2. The molecule has 0 aromatic heterocycles. The Morgan fingerprint density at radius 3 is 2.71 bits per heavy atom. The number of aryl methyl sites for hydroxylation is 1. The first-order chi connectivity index (χ1) is 10.0. The Bertz CT molecular complexity index is 487. The van der Waals surface area contributed by atoms with Crippen molar-refractivity contribution in [2.24, 2.45) is 5.92 Å². The minimum absolute atomic E-state index is 0.0361. The van der Waals surface area contributed by atoms with Gasteiger partial charge in [0.2, 0.25) is 0 Å². The van der Waals surface area contributed by atoms with Crippen LogP contribution in [-0.2, 0) is 9.53 Å². The number of hydrogen-bond donors (Lipinski definition) is 0. The molecule has 2 unspecified atom stereocenters. The van der Waals surface area contributed by atoms with Gasteiger partial charge in [0.15, 0.2) is 0 Å². The van der Waals surface area contributed by atoms with Gasteiger partial charge in [-0.3, -0.25) is 9.69 Å². The maximum absolute atomic E-state index is 12.0. The molecule has 0 radical (unpaired) electrons. The molecule has 1 fully saturated rings. The Labute approximate surface area is 127 Å². The first kappa shape index (κ1) is 15.8. The number of rotatable bonds is 5. The van der Waals surface area contributed by atoms with Crippen LogP contribution >= 0.6 is 0 Å². The Kier molecular flexibility index (Phi) is 5.23. The van der Waals surface area contributed by atoms with Crippen molar-refractivity contribution < 1.29 is 14.3 Å². The van der Waals surface area contributed by atoms with Gasteiger partial charge in [0.05, 0.1) is 7.11 Å². The first-order valence-electron chi connectivity index (χ1n) is 7.55. The molecule has 0 aliphatic carbocycles. The Morgan fingerprint density at radius 1 is 1.38 bits per heavy atom. The normalized spacial score (nSPS) is 22.5. The summed E-state index contributed by atoms with van der Waals surface area (Å²) >= 11 is 0. The van der Waals surface area contributed by atoms with Gasteiger partial charge in [0, 0.05) is 19.5 Å². The molecule has 1 heterocycles. The maximum atomic E-state index is 12.0. The van der Waals surface area contributed by atoms with Crippen LogP contribution in [0.3, 0.4) is 0 Å². The van der Waals surface area contributed by atoms with Crippen LogP contribution in [-0.4, -0.2) is 43.2 Å². The van der Waals surface area contributed by atoms with Crippen molar-refractivity contribution >= 4 is 5.97 Å². The molecule has 4 nitrogen and oxygen atoms in total. The Balaban J connectivity index is 2.06. The highest BCUT2D eigenvalue weighted by Gasteiger charge is 2.38. The second-order valence-electron chi connectivity index (χ2n) is 6.13. The van der Waals surface area contributed by atoms with Crippen LogP contribution in [0.2, 0.25) is 0 Å². The predicted octanol–water partition coefficient (Wildman–Crippen LogP) is 2.65. The second-order valence-corrected chi connectivity index (χ2v) is 6.13. The van der Waals surface area contributed by atoms with Gasteiger partial charge in [0.25, 0.3) is 0 Å². The fraction of sp³-hybridized carbons (Fsp3) is 0.588. The Morgan fingerprint density at radius 2 is 2.10 bits per heavy atom. The molecule has 21 heavy (non-hydrogen) atoms. The van der Waals surface area contributed by atoms with E-state index in [2.05, 4.69) is 18.7 Å². The molecule has 1 aromatic carbocycles. The van der Waals surface area contributed by atoms with Crippen molar-refractivity contribution in [3.8, 4) is 5.75 Å². The van der Waals surface area contributed by atoms with Crippen LogP contribution in [0.5, 0.6) is 5.75 Å². The molecule has 2 rings (SSSR count). The van der Waals surface area contributed by atoms with Crippen LogP contribution in [0.4, 0.5) is 0 Å². The van der Waals surface area contributed by atoms with E-state index in [4.69, 9.17) is 9.47 Å². The summed E-state index contributed by atoms with van der Waals surface area (Å²) in [5.74, 6) is 1.25. The summed E-state index contributed by atoms with van der Waals surface area (Å²) in [6, 6.07) is 7.80. The average Bonchev–Trinajstić information content (AvgIpc) is 2.82. The quantitative estimate of drug-likeness (QED) is 0.782. The molecule has 4 heteroatoms. The van der Waals surface area contributed by atoms with Crippen molar-refractivity contribution in [3.63, 3.8) is 0 Å². The van der Waals surface area contributed by atoms with Crippen LogP contribution in [0, 0.1) is 12.8 Å². The smallest absolute Gasteiger partial charge is 0.323 e. The fourth-order valence-corrected chi connectivity index (χ4v) is 2.87. The highest BCUT2D eigenvalue weighted by molar-refractivity contribution is 5.76. The largest absolute Gasteiger partial charge is 0.489 e. The summed E-state index contributed by atoms with van der Waals surface area (Å²) in [7, 11) is 1.45. The van der Waals surface area contributed by atoms with Crippen molar-refractivity contribution in [2.75, 3.05) is 20.2 Å². The minimum Gasteiger partial charge on any atom is -0.489 e. The molecule has 0 N–H and O–H groups in total. The van der Waals surface area contributed by atoms with Gasteiger partial charge in [-0.15, -0.1) is 0 Å². The van der Waals surface area contributed by atoms with Crippen LogP contribution in [0.25, 0.3) is 0 Å². The first-order valence-corrected chi connectivity index (χ1v) is 7.55. The SMILES string of the molecule is COC(=O)C1CC(Oc2ccccc2C)CN1CC(C)C. The Hall–Kier alpha value is -1.55. The number of hydrogen-bond acceptors (Lipinski definition) is 4. The van der Waals surface area contributed by atoms with Crippen LogP contribution in [0.15, 0.2) is 24.3 Å². The topological polar surface area (TPSA) is 38.8 Å². The van der Waals surface area contributed by atoms with Crippen LogP contribution < -0.4 is 4.74 Å². The molecule has 1 aromatic rings. The van der Waals surface area contributed by atoms with Crippen molar-refractivity contribution in [3.05, 3.63) is 29.8 Å². The van der Waals surface area contributed by atoms with Gasteiger partial charge in [-0.2, -0.15) is 0 Å². The van der Waals surface area contributed by atoms with E-state index in [-0.39, 0.29) is 18.1 Å². The lowest BCUT2D eigenvalue weighted by Crippen LogP contribution is -2.39. The molecule has 0 amide bonds. The number of para-hydroxylation sites is 1. The molecule has 1 aliphatic heterocycles. The summed E-state index contributed by atoms with van der Waals surface area (Å²) in [4.78, 5) is 14.1. The highest BCUT2D eigenvalue weighted by atomic mass is 16.5. The number of nitrogens with zero attached hydrogens (tertiary/aromatic N) is 1. The average molecular weight is 291 g/mol. The van der Waals surface area contributed by atoms with Gasteiger partial charge < -0.3 is 9.47 Å². The number of esters is 1. The number of carbonyl (C=O) groups excluding carboxylic acids is 1. The lowest BCUT2D eigenvalue weighted by atomic mass is 10.1. The summed E-state index contributed by atoms with van der Waals surface area (Å²) in [6.07, 6.45) is 0.724. The molecule has 1 aliphatic rings. The van der Waals surface area contributed by atoms with Gasteiger partial charge in [-0.05, 0) is 24.5 Å². The third kappa shape index (κ3) is 3.97. The lowest BCUT2D eigenvalue weighted by Gasteiger charge is -2.23. The van der Waals surface area contributed by atoms with Crippen molar-refractivity contribution in [1.29, 1.82) is 0 Å². The van der Waals surface area contributed by atoms with Crippen LogP contribution in [0.1, 0.15) is 25.8 Å². The van der Waals surface area contributed by atoms with E-state index in [9.17, 15) is 4.79 Å². The maximum Gasteiger partial charge on any atom is 0.323 e. The number of likely N-dealkylation sites (tertiary alicyclic amines) is 1. The zero-order valence-electron chi connectivity index (χ0n) is 13.3. The number of carbonyl (C=O) groups is 1. The number of methoxy groups -OCH3 is 1. The molecule has 0 spiro atoms. The van der Waals surface area contributed by atoms with E-state index in [0.29, 0.717) is 12.3 Å². The molecular formula is C17H25NO3. The van der Waals surface area contributed by atoms with E-state index >= 15 is 0 Å². The van der Waals surface area contributed by atoms with Gasteiger partial charge in [-0.25, -0.2) is 0 Å². The van der Waals surface area contributed by atoms with E-state index in [1.54, 1.807) is 0 Å². The zero-order valence-corrected chi connectivity index (χ0v) is 13.3. The van der Waals surface area contributed by atoms with Gasteiger partial charge >= 0.3 is 5.97 Å². The van der Waals surface area contributed by atoms with Crippen molar-refractivity contribution in [1.82, 2.24) is 4.90 Å². The highest BCUT2D eigenvalue weighted by Crippen LogP contribution is 2.26. The van der Waals surface area contributed by atoms with E-state index in [0.717, 1.165) is 24.4 Å². The van der Waals surface area contributed by atoms with E-state index in [1.807, 2.05) is 31.2 Å². The lowest BCUT2D eigenvalue weighted by molar-refractivity contribution is -0.146. The molecule has 2 atom stereocenters. The van der Waals surface area contributed by atoms with Gasteiger partial charge in [-0.1, -0.05) is 32.0 Å². The summed E-state index contributed by atoms with van der Waals surface area (Å²) in [6.45, 7) is 8.00. The predicted molar refractivity (Wildman–Crippen MR) is 82.4 cm³/mol.